The molecule has 0 radical (unpaired) electrons. The number of urea groups is 1. The number of aromatic amines is 1. The number of hydrogen-bond acceptors (Lipinski definition) is 4. The average molecular weight is 466 g/mol. The number of nitrogens with zero attached hydrogens (tertiary/aromatic N) is 2. The van der Waals surface area contributed by atoms with Crippen molar-refractivity contribution in [3.63, 3.8) is 0 Å². The fourth-order valence-corrected chi connectivity index (χ4v) is 5.34. The second kappa shape index (κ2) is 7.84. The molecule has 1 N–H and O–H groups in total. The normalized spacial score (nSPS) is 19.1. The maximum atomic E-state index is 14.0. The number of carbonyl (C=O) groups is 3. The van der Waals surface area contributed by atoms with Gasteiger partial charge in [0.1, 0.15) is 12.1 Å². The van der Waals surface area contributed by atoms with Crippen LogP contribution in [0.3, 0.4) is 0 Å². The summed E-state index contributed by atoms with van der Waals surface area (Å²) in [6.07, 6.45) is 0.392. The van der Waals surface area contributed by atoms with Gasteiger partial charge in [-0.15, -0.1) is 0 Å². The molecule has 3 heterocycles. The van der Waals surface area contributed by atoms with Crippen molar-refractivity contribution in [1.29, 1.82) is 0 Å². The van der Waals surface area contributed by atoms with Crippen molar-refractivity contribution >= 4 is 34.5 Å². The third kappa shape index (κ3) is 3.08. The number of nitrogens with one attached hydrogen (secondary N) is 1. The van der Waals surface area contributed by atoms with Gasteiger partial charge in [0, 0.05) is 23.0 Å². The van der Waals surface area contributed by atoms with Gasteiger partial charge in [0.2, 0.25) is 0 Å². The molecule has 6 rings (SSSR count). The Morgan fingerprint density at radius 3 is 2.46 bits per heavy atom. The van der Waals surface area contributed by atoms with Crippen molar-refractivity contribution in [3.8, 4) is 0 Å². The van der Waals surface area contributed by atoms with Gasteiger partial charge in [-0.05, 0) is 36.2 Å². The fraction of sp³-hybridized carbons (Fsp3) is 0.179. The number of para-hydroxylation sites is 2. The molecule has 3 aromatic carbocycles. The lowest BCUT2D eigenvalue weighted by molar-refractivity contribution is -0.120. The van der Waals surface area contributed by atoms with Crippen LogP contribution in [0.4, 0.5) is 10.5 Å². The summed E-state index contributed by atoms with van der Waals surface area (Å²) in [5, 5.41) is 1.05. The summed E-state index contributed by atoms with van der Waals surface area (Å²) in [5.41, 5.74) is 5.36. The molecule has 3 amide bonds. The SMILES string of the molecule is COC(=O)c1ccccc1N1C(=O)C2Cc3c([nH]c4ccccc34)C(c3ccc(C)cc3)N2C1=O. The molecule has 0 aliphatic carbocycles. The van der Waals surface area contributed by atoms with Crippen molar-refractivity contribution in [3.05, 3.63) is 101 Å². The molecule has 2 unspecified atom stereocenters. The van der Waals surface area contributed by atoms with E-state index in [0.29, 0.717) is 6.42 Å². The van der Waals surface area contributed by atoms with Crippen molar-refractivity contribution in [2.45, 2.75) is 25.4 Å². The third-order valence-corrected chi connectivity index (χ3v) is 6.99. The highest BCUT2D eigenvalue weighted by molar-refractivity contribution is 6.23. The van der Waals surface area contributed by atoms with Crippen LogP contribution >= 0.6 is 0 Å². The predicted molar refractivity (Wildman–Crippen MR) is 131 cm³/mol. The summed E-state index contributed by atoms with van der Waals surface area (Å²) in [5.74, 6) is -0.947. The molecule has 35 heavy (non-hydrogen) atoms. The maximum absolute atomic E-state index is 14.0. The van der Waals surface area contributed by atoms with Crippen LogP contribution in [-0.2, 0) is 16.0 Å². The second-order valence-electron chi connectivity index (χ2n) is 8.97. The third-order valence-electron chi connectivity index (χ3n) is 6.99. The van der Waals surface area contributed by atoms with Crippen molar-refractivity contribution < 1.29 is 19.1 Å². The number of amides is 3. The number of aryl methyl sites for hydroxylation is 1. The molecule has 2 atom stereocenters. The topological polar surface area (TPSA) is 82.7 Å². The van der Waals surface area contributed by atoms with Gasteiger partial charge >= 0.3 is 12.0 Å². The number of esters is 1. The van der Waals surface area contributed by atoms with Crippen LogP contribution in [0.5, 0.6) is 0 Å². The number of ether oxygens (including phenoxy) is 1. The summed E-state index contributed by atoms with van der Waals surface area (Å²) in [7, 11) is 1.28. The van der Waals surface area contributed by atoms with Gasteiger partial charge in [0.25, 0.3) is 5.91 Å². The molecule has 4 aromatic rings. The van der Waals surface area contributed by atoms with E-state index in [-0.39, 0.29) is 17.2 Å². The first kappa shape index (κ1) is 21.2. The Hall–Kier alpha value is -4.39. The van der Waals surface area contributed by atoms with E-state index in [2.05, 4.69) is 4.98 Å². The zero-order valence-electron chi connectivity index (χ0n) is 19.3. The number of anilines is 1. The molecule has 7 heteroatoms. The molecule has 0 saturated carbocycles. The van der Waals surface area contributed by atoms with Gasteiger partial charge in [-0.25, -0.2) is 14.5 Å². The standard InChI is InChI=1S/C28H23N3O4/c1-16-11-13-17(14-12-16)25-24-20(18-7-3-5-9-21(18)29-24)15-23-26(32)31(28(34)30(23)25)22-10-6-4-8-19(22)27(33)35-2/h3-14,23,25,29H,15H2,1-2H3. The molecule has 2 aliphatic rings. The van der Waals surface area contributed by atoms with E-state index in [1.165, 1.54) is 7.11 Å². The van der Waals surface area contributed by atoms with E-state index in [1.807, 2.05) is 55.5 Å². The summed E-state index contributed by atoms with van der Waals surface area (Å²) < 4.78 is 4.91. The minimum atomic E-state index is -0.689. The Labute approximate surface area is 201 Å². The molecule has 2 aliphatic heterocycles. The van der Waals surface area contributed by atoms with E-state index in [9.17, 15) is 14.4 Å². The molecule has 0 spiro atoms. The van der Waals surface area contributed by atoms with E-state index in [0.717, 1.165) is 38.2 Å². The van der Waals surface area contributed by atoms with Crippen LogP contribution in [0.15, 0.2) is 72.8 Å². The zero-order chi connectivity index (χ0) is 24.3. The van der Waals surface area contributed by atoms with Gasteiger partial charge in [-0.3, -0.25) is 9.69 Å². The molecule has 1 saturated heterocycles. The largest absolute Gasteiger partial charge is 0.465 e. The Balaban J connectivity index is 1.54. The molecule has 7 nitrogen and oxygen atoms in total. The number of benzene rings is 3. The second-order valence-corrected chi connectivity index (χ2v) is 8.97. The number of carbonyl (C=O) groups excluding carboxylic acids is 3. The summed E-state index contributed by atoms with van der Waals surface area (Å²) in [6, 6.07) is 20.9. The molecular weight excluding hydrogens is 442 g/mol. The van der Waals surface area contributed by atoms with Crippen molar-refractivity contribution in [2.24, 2.45) is 0 Å². The number of imide groups is 1. The van der Waals surface area contributed by atoms with Crippen LogP contribution in [-0.4, -0.2) is 40.9 Å². The predicted octanol–water partition coefficient (Wildman–Crippen LogP) is 4.75. The molecule has 174 valence electrons. The summed E-state index contributed by atoms with van der Waals surface area (Å²) >= 11 is 0. The first-order chi connectivity index (χ1) is 17.0. The quantitative estimate of drug-likeness (QED) is 0.350. The van der Waals surface area contributed by atoms with Gasteiger partial charge in [-0.2, -0.15) is 0 Å². The summed E-state index contributed by atoms with van der Waals surface area (Å²) in [6.45, 7) is 2.01. The van der Waals surface area contributed by atoms with Gasteiger partial charge in [-0.1, -0.05) is 60.2 Å². The van der Waals surface area contributed by atoms with Crippen LogP contribution < -0.4 is 4.90 Å². The Kier molecular flexibility index (Phi) is 4.74. The van der Waals surface area contributed by atoms with Gasteiger partial charge < -0.3 is 9.72 Å². The Bertz CT molecular complexity index is 1500. The number of methoxy groups -OCH3 is 1. The van der Waals surface area contributed by atoms with E-state index in [4.69, 9.17) is 4.74 Å². The van der Waals surface area contributed by atoms with E-state index in [1.54, 1.807) is 29.2 Å². The minimum absolute atomic E-state index is 0.174. The Morgan fingerprint density at radius 1 is 0.971 bits per heavy atom. The summed E-state index contributed by atoms with van der Waals surface area (Å²) in [4.78, 5) is 46.5. The number of rotatable bonds is 3. The van der Waals surface area contributed by atoms with Crippen molar-refractivity contribution in [1.82, 2.24) is 9.88 Å². The smallest absolute Gasteiger partial charge is 0.339 e. The van der Waals surface area contributed by atoms with Crippen molar-refractivity contribution in [2.75, 3.05) is 12.0 Å². The highest BCUT2D eigenvalue weighted by atomic mass is 16.5. The van der Waals surface area contributed by atoms with E-state index >= 15 is 0 Å². The van der Waals surface area contributed by atoms with Crippen LogP contribution in [0.1, 0.15) is 38.8 Å². The first-order valence-electron chi connectivity index (χ1n) is 11.5. The number of fused-ring (bicyclic) bond motifs is 4. The monoisotopic (exact) mass is 465 g/mol. The van der Waals surface area contributed by atoms with Crippen LogP contribution in [0, 0.1) is 6.92 Å². The molecular formula is C28H23N3O4. The lowest BCUT2D eigenvalue weighted by Gasteiger charge is -2.36. The first-order valence-corrected chi connectivity index (χ1v) is 11.5. The van der Waals surface area contributed by atoms with Gasteiger partial charge in [0.15, 0.2) is 0 Å². The van der Waals surface area contributed by atoms with Gasteiger partial charge in [0.05, 0.1) is 18.4 Å². The minimum Gasteiger partial charge on any atom is -0.465 e. The van der Waals surface area contributed by atoms with E-state index < -0.39 is 24.1 Å². The lowest BCUT2D eigenvalue weighted by atomic mass is 9.88. The number of aromatic nitrogens is 1. The number of H-pyrrole nitrogens is 1. The Morgan fingerprint density at radius 2 is 1.69 bits per heavy atom. The molecule has 0 bridgehead atoms. The molecule has 1 aromatic heterocycles. The van der Waals surface area contributed by atoms with Crippen LogP contribution in [0.25, 0.3) is 10.9 Å². The zero-order valence-corrected chi connectivity index (χ0v) is 19.3. The maximum Gasteiger partial charge on any atom is 0.339 e. The average Bonchev–Trinajstić information content (AvgIpc) is 3.37. The highest BCUT2D eigenvalue weighted by Gasteiger charge is 2.53. The lowest BCUT2D eigenvalue weighted by Crippen LogP contribution is -2.44. The molecule has 1 fully saturated rings. The van der Waals surface area contributed by atoms with Crippen LogP contribution in [0.2, 0.25) is 0 Å². The fourth-order valence-electron chi connectivity index (χ4n) is 5.34. The highest BCUT2D eigenvalue weighted by Crippen LogP contribution is 2.45. The number of hydrogen-bond donors (Lipinski definition) is 1.